The van der Waals surface area contributed by atoms with E-state index in [0.29, 0.717) is 5.69 Å². The highest BCUT2D eigenvalue weighted by Crippen LogP contribution is 2.32. The molecule has 0 unspecified atom stereocenters. The zero-order valence-electron chi connectivity index (χ0n) is 12.7. The fourth-order valence-electron chi connectivity index (χ4n) is 2.43. The Hall–Kier alpha value is -1.94. The van der Waals surface area contributed by atoms with E-state index < -0.39 is 0 Å². The van der Waals surface area contributed by atoms with Crippen LogP contribution in [0.15, 0.2) is 29.6 Å². The zero-order valence-corrected chi connectivity index (χ0v) is 13.5. The Morgan fingerprint density at radius 1 is 1.19 bits per heavy atom. The molecule has 0 N–H and O–H groups in total. The lowest BCUT2D eigenvalue weighted by Gasteiger charge is -2.17. The second-order valence-electron chi connectivity index (χ2n) is 6.32. The van der Waals surface area contributed by atoms with E-state index in [4.69, 9.17) is 0 Å². The Morgan fingerprint density at radius 2 is 1.86 bits per heavy atom. The summed E-state index contributed by atoms with van der Waals surface area (Å²) in [4.78, 5) is 17.2. The van der Waals surface area contributed by atoms with Crippen LogP contribution in [0.1, 0.15) is 42.5 Å². The van der Waals surface area contributed by atoms with Crippen molar-refractivity contribution in [2.24, 2.45) is 0 Å². The van der Waals surface area contributed by atoms with Crippen molar-refractivity contribution in [1.82, 2.24) is 9.38 Å². The number of imidazole rings is 1. The third-order valence-corrected chi connectivity index (χ3v) is 4.43. The van der Waals surface area contributed by atoms with E-state index in [2.05, 4.69) is 31.1 Å². The molecular weight excluding hydrogens is 280 g/mol. The van der Waals surface area contributed by atoms with Crippen LogP contribution in [0.4, 0.5) is 0 Å². The molecule has 0 saturated carbocycles. The van der Waals surface area contributed by atoms with Crippen molar-refractivity contribution in [1.29, 1.82) is 0 Å². The molecule has 0 atom stereocenters. The number of carbonyl (C=O) groups excluding carboxylic acids is 1. The number of aldehydes is 1. The van der Waals surface area contributed by atoms with Crippen LogP contribution in [0.5, 0.6) is 0 Å². The normalized spacial score (nSPS) is 12.0. The van der Waals surface area contributed by atoms with E-state index in [-0.39, 0.29) is 5.41 Å². The molecular formula is C17H18N2OS. The Kier molecular flexibility index (Phi) is 3.21. The molecule has 0 amide bonds. The van der Waals surface area contributed by atoms with Crippen molar-refractivity contribution in [3.05, 3.63) is 46.6 Å². The largest absolute Gasteiger partial charge is 0.296 e. The summed E-state index contributed by atoms with van der Waals surface area (Å²) in [6.45, 7) is 8.49. The first-order valence-electron chi connectivity index (χ1n) is 6.94. The molecule has 0 fully saturated rings. The molecule has 21 heavy (non-hydrogen) atoms. The van der Waals surface area contributed by atoms with Gasteiger partial charge in [-0.15, -0.1) is 11.3 Å². The zero-order chi connectivity index (χ0) is 15.2. The first-order chi connectivity index (χ1) is 9.91. The third kappa shape index (κ3) is 2.29. The number of hydrogen-bond acceptors (Lipinski definition) is 3. The molecule has 0 bridgehead atoms. The number of hydrogen-bond donors (Lipinski definition) is 0. The molecule has 0 radical (unpaired) electrons. The van der Waals surface area contributed by atoms with Gasteiger partial charge in [0.1, 0.15) is 11.4 Å². The minimum absolute atomic E-state index is 0.0265. The number of aryl methyl sites for hydroxylation is 1. The van der Waals surface area contributed by atoms with Crippen molar-refractivity contribution >= 4 is 22.6 Å². The van der Waals surface area contributed by atoms with Crippen LogP contribution in [-0.2, 0) is 5.41 Å². The van der Waals surface area contributed by atoms with Crippen molar-refractivity contribution < 1.29 is 4.79 Å². The summed E-state index contributed by atoms with van der Waals surface area (Å²) in [6.07, 6.45) is 0.914. The highest BCUT2D eigenvalue weighted by molar-refractivity contribution is 7.15. The van der Waals surface area contributed by atoms with Gasteiger partial charge in [-0.3, -0.25) is 9.20 Å². The lowest BCUT2D eigenvalue weighted by molar-refractivity contribution is 0.111. The molecule has 0 aliphatic rings. The predicted octanol–water partition coefficient (Wildman–Crippen LogP) is 4.48. The summed E-state index contributed by atoms with van der Waals surface area (Å²) in [7, 11) is 0. The fourth-order valence-corrected chi connectivity index (χ4v) is 3.55. The van der Waals surface area contributed by atoms with Crippen molar-refractivity contribution in [2.45, 2.75) is 33.1 Å². The van der Waals surface area contributed by atoms with Crippen LogP contribution in [0.2, 0.25) is 0 Å². The molecule has 4 heteroatoms. The Morgan fingerprint density at radius 3 is 2.43 bits per heavy atom. The van der Waals surface area contributed by atoms with E-state index in [1.807, 2.05) is 35.6 Å². The van der Waals surface area contributed by atoms with Gasteiger partial charge in [-0.25, -0.2) is 4.98 Å². The summed E-state index contributed by atoms with van der Waals surface area (Å²) in [5.74, 6) is 0. The first kappa shape index (κ1) is 14.0. The molecule has 108 valence electrons. The molecule has 3 nitrogen and oxygen atoms in total. The van der Waals surface area contributed by atoms with Crippen molar-refractivity contribution in [3.63, 3.8) is 0 Å². The SMILES string of the molecule is Cc1ccc(-c2nc3scc(C(C)(C)C)n3c2C=O)cc1. The fraction of sp³-hybridized carbons (Fsp3) is 0.294. The third-order valence-electron chi connectivity index (χ3n) is 3.60. The van der Waals surface area contributed by atoms with Gasteiger partial charge in [-0.05, 0) is 6.92 Å². The molecule has 2 heterocycles. The van der Waals surface area contributed by atoms with E-state index in [0.717, 1.165) is 28.2 Å². The van der Waals surface area contributed by atoms with Gasteiger partial charge < -0.3 is 0 Å². The molecule has 3 aromatic rings. The Bertz CT molecular complexity index is 804. The van der Waals surface area contributed by atoms with E-state index in [1.165, 1.54) is 5.56 Å². The maximum absolute atomic E-state index is 11.7. The smallest absolute Gasteiger partial charge is 0.195 e. The van der Waals surface area contributed by atoms with Gasteiger partial charge in [-0.1, -0.05) is 50.6 Å². The molecule has 3 rings (SSSR count). The molecule has 0 saturated heterocycles. The lowest BCUT2D eigenvalue weighted by atomic mass is 9.93. The van der Waals surface area contributed by atoms with Gasteiger partial charge >= 0.3 is 0 Å². The summed E-state index contributed by atoms with van der Waals surface area (Å²) < 4.78 is 1.99. The van der Waals surface area contributed by atoms with Gasteiger partial charge in [-0.2, -0.15) is 0 Å². The Balaban J connectivity index is 2.28. The van der Waals surface area contributed by atoms with E-state index in [1.54, 1.807) is 11.3 Å². The molecule has 0 spiro atoms. The van der Waals surface area contributed by atoms with Gasteiger partial charge in [0, 0.05) is 22.1 Å². The summed E-state index contributed by atoms with van der Waals surface area (Å²) >= 11 is 1.58. The quantitative estimate of drug-likeness (QED) is 0.654. The van der Waals surface area contributed by atoms with Crippen LogP contribution in [0.25, 0.3) is 16.2 Å². The summed E-state index contributed by atoms with van der Waals surface area (Å²) in [5.41, 5.74) is 4.68. The van der Waals surface area contributed by atoms with Gasteiger partial charge in [0.2, 0.25) is 0 Å². The average Bonchev–Trinajstić information content (AvgIpc) is 2.96. The molecule has 0 aliphatic heterocycles. The van der Waals surface area contributed by atoms with Crippen molar-refractivity contribution in [2.75, 3.05) is 0 Å². The predicted molar refractivity (Wildman–Crippen MR) is 87.3 cm³/mol. The number of aromatic nitrogens is 2. The Labute approximate surface area is 128 Å². The minimum Gasteiger partial charge on any atom is -0.296 e. The topological polar surface area (TPSA) is 34.4 Å². The molecule has 2 aromatic heterocycles. The second-order valence-corrected chi connectivity index (χ2v) is 7.16. The molecule has 1 aromatic carbocycles. The van der Waals surface area contributed by atoms with Crippen molar-refractivity contribution in [3.8, 4) is 11.3 Å². The van der Waals surface area contributed by atoms with Crippen LogP contribution < -0.4 is 0 Å². The number of rotatable bonds is 2. The van der Waals surface area contributed by atoms with Crippen LogP contribution in [0.3, 0.4) is 0 Å². The average molecular weight is 298 g/mol. The number of carbonyl (C=O) groups is 1. The monoisotopic (exact) mass is 298 g/mol. The van der Waals surface area contributed by atoms with Crippen LogP contribution in [-0.4, -0.2) is 15.7 Å². The first-order valence-corrected chi connectivity index (χ1v) is 7.82. The summed E-state index contributed by atoms with van der Waals surface area (Å²) in [6, 6.07) is 8.13. The second kappa shape index (κ2) is 4.81. The number of nitrogens with zero attached hydrogens (tertiary/aromatic N) is 2. The van der Waals surface area contributed by atoms with Gasteiger partial charge in [0.25, 0.3) is 0 Å². The minimum atomic E-state index is -0.0265. The van der Waals surface area contributed by atoms with E-state index in [9.17, 15) is 4.79 Å². The standard InChI is InChI=1S/C17H18N2OS/c1-11-5-7-12(8-6-11)15-13(9-20)19-14(17(2,3)4)10-21-16(19)18-15/h5-10H,1-4H3. The van der Waals surface area contributed by atoms with Crippen LogP contribution in [0, 0.1) is 6.92 Å². The number of benzene rings is 1. The maximum atomic E-state index is 11.7. The van der Waals surface area contributed by atoms with Crippen LogP contribution >= 0.6 is 11.3 Å². The highest BCUT2D eigenvalue weighted by Gasteiger charge is 2.24. The lowest BCUT2D eigenvalue weighted by Crippen LogP contribution is -2.15. The molecule has 0 aliphatic carbocycles. The number of thiazole rings is 1. The number of fused-ring (bicyclic) bond motifs is 1. The van der Waals surface area contributed by atoms with E-state index >= 15 is 0 Å². The maximum Gasteiger partial charge on any atom is 0.195 e. The van der Waals surface area contributed by atoms with Gasteiger partial charge in [0.15, 0.2) is 11.2 Å². The van der Waals surface area contributed by atoms with Gasteiger partial charge in [0.05, 0.1) is 0 Å². The summed E-state index contributed by atoms with van der Waals surface area (Å²) in [5, 5.41) is 2.09. The highest BCUT2D eigenvalue weighted by atomic mass is 32.1.